The first kappa shape index (κ1) is 45.0. The van der Waals surface area contributed by atoms with Gasteiger partial charge < -0.3 is 0 Å². The van der Waals surface area contributed by atoms with E-state index in [2.05, 4.69) is 236 Å². The SMILES string of the molecule is CCCCC1=Cc2c(-c3cccc4ccccc34)ccc(-c3cccc4ccccc34)c2[CH]1[Zr]([CH3])([CH3])(=[SiH2])[CH]1C(CCCC)=Cc2c(-c3cccc4ccccc34)ccc(-c3cccc4ccccc34)c21. The van der Waals surface area contributed by atoms with Gasteiger partial charge in [-0.1, -0.05) is 0 Å². The predicted molar refractivity (Wildman–Crippen MR) is 305 cm³/mol. The second kappa shape index (κ2) is 17.9. The number of rotatable bonds is 12. The van der Waals surface area contributed by atoms with Gasteiger partial charge >= 0.3 is 420 Å². The van der Waals surface area contributed by atoms with E-state index in [0.29, 0.717) is 7.25 Å². The summed E-state index contributed by atoms with van der Waals surface area (Å²) in [5.41, 5.74) is 20.3. The predicted octanol–water partition coefficient (Wildman–Crippen LogP) is 19.3. The fourth-order valence-electron chi connectivity index (χ4n) is 13.4. The third kappa shape index (κ3) is 7.40. The van der Waals surface area contributed by atoms with Crippen molar-refractivity contribution in [2.75, 3.05) is 0 Å². The Morgan fingerprint density at radius 3 is 0.957 bits per heavy atom. The van der Waals surface area contributed by atoms with Crippen LogP contribution in [0, 0.1) is 0 Å². The fourth-order valence-corrected chi connectivity index (χ4v) is 33.1. The van der Waals surface area contributed by atoms with Gasteiger partial charge in [0.1, 0.15) is 0 Å². The second-order valence-electron chi connectivity index (χ2n) is 21.5. The minimum absolute atomic E-state index is 0.327. The van der Waals surface area contributed by atoms with Crippen LogP contribution in [0.4, 0.5) is 0 Å². The number of allylic oxidation sites excluding steroid dienone is 2. The van der Waals surface area contributed by atoms with Crippen molar-refractivity contribution < 1.29 is 17.4 Å². The summed E-state index contributed by atoms with van der Waals surface area (Å²) in [4.78, 5) is 0. The van der Waals surface area contributed by atoms with Gasteiger partial charge in [0.25, 0.3) is 0 Å². The van der Waals surface area contributed by atoms with Gasteiger partial charge in [-0.3, -0.25) is 0 Å². The van der Waals surface area contributed by atoms with Crippen molar-refractivity contribution in [3.8, 4) is 44.5 Å². The van der Waals surface area contributed by atoms with E-state index >= 15 is 0 Å². The molecule has 342 valence electrons. The molecule has 0 bridgehead atoms. The first-order chi connectivity index (χ1) is 34.2. The summed E-state index contributed by atoms with van der Waals surface area (Å²) in [6, 6.07) is 74.0. The average molecular weight is 999 g/mol. The summed E-state index contributed by atoms with van der Waals surface area (Å²) in [6.45, 7) is 7.29. The van der Waals surface area contributed by atoms with E-state index in [4.69, 9.17) is 0 Å². The maximum absolute atomic E-state index is 4.41. The van der Waals surface area contributed by atoms with Crippen LogP contribution in [0.2, 0.25) is 9.26 Å². The molecule has 2 heteroatoms. The van der Waals surface area contributed by atoms with Crippen molar-refractivity contribution in [2.24, 2.45) is 0 Å². The Bertz CT molecular complexity index is 3590. The Morgan fingerprint density at radius 1 is 0.343 bits per heavy atom. The third-order valence-corrected chi connectivity index (χ3v) is 33.8. The molecule has 12 rings (SSSR count). The maximum atomic E-state index is 2.90. The molecule has 0 saturated heterocycles. The molecular weight excluding hydrogens is 936 g/mol. The Labute approximate surface area is 417 Å². The summed E-state index contributed by atoms with van der Waals surface area (Å²) in [5.74, 6) is 0. The van der Waals surface area contributed by atoms with Crippen LogP contribution in [0.1, 0.15) is 81.9 Å². The van der Waals surface area contributed by atoms with E-state index in [1.54, 1.807) is 22.3 Å². The van der Waals surface area contributed by atoms with E-state index in [9.17, 15) is 0 Å². The average Bonchev–Trinajstić information content (AvgIpc) is 4.00. The molecule has 0 spiro atoms. The molecule has 70 heavy (non-hydrogen) atoms. The molecular formula is C68H62SiZr. The second-order valence-corrected chi connectivity index (χ2v) is 52.0. The summed E-state index contributed by atoms with van der Waals surface area (Å²) in [5, 5.41) is 10.5. The van der Waals surface area contributed by atoms with Crippen LogP contribution in [0.25, 0.3) is 99.7 Å². The molecule has 2 aliphatic carbocycles. The molecule has 0 saturated carbocycles. The number of benzene rings is 10. The van der Waals surface area contributed by atoms with E-state index in [1.807, 2.05) is 0 Å². The molecule has 0 N–H and O–H groups in total. The Balaban J connectivity index is 1.18. The van der Waals surface area contributed by atoms with Gasteiger partial charge in [0.2, 0.25) is 0 Å². The molecule has 0 heterocycles. The van der Waals surface area contributed by atoms with Crippen molar-refractivity contribution in [3.05, 3.63) is 228 Å². The molecule has 0 aromatic heterocycles. The van der Waals surface area contributed by atoms with Crippen molar-refractivity contribution in [1.29, 1.82) is 0 Å². The monoisotopic (exact) mass is 996 g/mol. The number of hydrogen-bond donors (Lipinski definition) is 0. The Kier molecular flexibility index (Phi) is 11.5. The summed E-state index contributed by atoms with van der Waals surface area (Å²) in [7, 11) is 0. The number of fused-ring (bicyclic) bond motifs is 6. The minimum atomic E-state index is -4.41. The zero-order valence-corrected chi connectivity index (χ0v) is 45.1. The normalized spacial score (nSPS) is 15.7. The van der Waals surface area contributed by atoms with Crippen LogP contribution >= 0.6 is 0 Å². The molecule has 0 nitrogen and oxygen atoms in total. The van der Waals surface area contributed by atoms with Crippen molar-refractivity contribution in [1.82, 2.24) is 0 Å². The van der Waals surface area contributed by atoms with E-state index < -0.39 is 17.4 Å². The van der Waals surface area contributed by atoms with Crippen molar-refractivity contribution >= 4 is 62.1 Å². The standard InChI is InChI=1S/2C33H27.2CH3.H2Si.Zr/c2*1-2-3-10-23-21-32-30(28-17-8-13-24-11-4-6-15-26(24)28)19-20-31(33(32)22-23)29-18-9-14-25-12-5-7-16-27(25)29;;;;/h2*4-9,11-22H,2-3,10H2,1H3;2*1H3;1H2;. The molecule has 0 aliphatic heterocycles. The number of unbranched alkanes of at least 4 members (excludes halogenated alkanes) is 2. The van der Waals surface area contributed by atoms with Crippen LogP contribution in [0.15, 0.2) is 205 Å². The van der Waals surface area contributed by atoms with Crippen molar-refractivity contribution in [2.45, 2.75) is 68.9 Å². The van der Waals surface area contributed by atoms with Crippen LogP contribution in [-0.4, -0.2) is 6.88 Å². The Hall–Kier alpha value is -6.18. The van der Waals surface area contributed by atoms with E-state index in [-0.39, 0.29) is 0 Å². The van der Waals surface area contributed by atoms with Gasteiger partial charge in [-0.15, -0.1) is 0 Å². The molecule has 10 aromatic rings. The van der Waals surface area contributed by atoms with Gasteiger partial charge in [-0.25, -0.2) is 0 Å². The van der Waals surface area contributed by atoms with Crippen LogP contribution in [-0.2, 0) is 17.4 Å². The zero-order valence-electron chi connectivity index (χ0n) is 41.2. The molecule has 2 atom stereocenters. The zero-order chi connectivity index (χ0) is 47.6. The molecule has 0 amide bonds. The number of hydrogen-bond acceptors (Lipinski definition) is 0. The van der Waals surface area contributed by atoms with E-state index in [0.717, 1.165) is 12.8 Å². The summed E-state index contributed by atoms with van der Waals surface area (Å²) >= 11 is -4.41. The fraction of sp³-hybridized carbons (Fsp3) is 0.176. The summed E-state index contributed by atoms with van der Waals surface area (Å²) < 4.78 is 6.45. The molecule has 10 aromatic carbocycles. The van der Waals surface area contributed by atoms with Gasteiger partial charge in [0.05, 0.1) is 0 Å². The summed E-state index contributed by atoms with van der Waals surface area (Å²) in [6.07, 6.45) is 12.4. The first-order valence-electron chi connectivity index (χ1n) is 26.0. The topological polar surface area (TPSA) is 0 Å². The van der Waals surface area contributed by atoms with Crippen molar-refractivity contribution in [3.63, 3.8) is 0 Å². The molecule has 0 fully saturated rings. The van der Waals surface area contributed by atoms with Gasteiger partial charge in [-0.2, -0.15) is 0 Å². The van der Waals surface area contributed by atoms with Gasteiger partial charge in [-0.05, 0) is 0 Å². The van der Waals surface area contributed by atoms with Gasteiger partial charge in [0, 0.05) is 0 Å². The van der Waals surface area contributed by atoms with Gasteiger partial charge in [0.15, 0.2) is 0 Å². The molecule has 2 unspecified atom stereocenters. The Morgan fingerprint density at radius 2 is 0.629 bits per heavy atom. The quantitative estimate of drug-likeness (QED) is 0.107. The first-order valence-corrected chi connectivity index (χ1v) is 39.6. The third-order valence-electron chi connectivity index (χ3n) is 16.4. The van der Waals surface area contributed by atoms with Crippen LogP contribution in [0.3, 0.4) is 0 Å². The van der Waals surface area contributed by atoms with Crippen LogP contribution < -0.4 is 0 Å². The molecule has 2 aliphatic rings. The molecule has 0 radical (unpaired) electrons. The van der Waals surface area contributed by atoms with Crippen LogP contribution in [0.5, 0.6) is 0 Å². The van der Waals surface area contributed by atoms with E-state index in [1.165, 1.54) is 124 Å².